The Morgan fingerprint density at radius 1 is 1.20 bits per heavy atom. The number of carbonyl (C=O) groups is 1. The Hall–Kier alpha value is -1.86. The Morgan fingerprint density at radius 3 is 2.60 bits per heavy atom. The molecule has 2 aromatic rings. The predicted octanol–water partition coefficient (Wildman–Crippen LogP) is 4.37. The molecule has 0 bridgehead atoms. The van der Waals surface area contributed by atoms with Gasteiger partial charge in [0.1, 0.15) is 11.5 Å². The molecule has 2 rings (SSSR count). The first-order chi connectivity index (χ1) is 11.8. The van der Waals surface area contributed by atoms with E-state index in [4.69, 9.17) is 4.74 Å². The second kappa shape index (κ2) is 8.49. The highest BCUT2D eigenvalue weighted by Crippen LogP contribution is 2.30. The van der Waals surface area contributed by atoms with Gasteiger partial charge in [-0.1, -0.05) is 22.0 Å². The maximum Gasteiger partial charge on any atom is 0.277 e. The van der Waals surface area contributed by atoms with Crippen LogP contribution >= 0.6 is 31.9 Å². The first kappa shape index (κ1) is 19.5. The molecule has 0 saturated heterocycles. The molecule has 0 aliphatic heterocycles. The largest absolute Gasteiger partial charge is 0.507 e. The molecule has 5 nitrogen and oxygen atoms in total. The molecule has 0 aromatic heterocycles. The summed E-state index contributed by atoms with van der Waals surface area (Å²) in [6, 6.07) is 7.41. The average Bonchev–Trinajstić information content (AvgIpc) is 2.50. The Balaban J connectivity index is 1.96. The molecule has 0 radical (unpaired) electrons. The molecule has 2 aromatic carbocycles. The van der Waals surface area contributed by atoms with Crippen LogP contribution in [0.2, 0.25) is 0 Å². The van der Waals surface area contributed by atoms with Gasteiger partial charge in [-0.3, -0.25) is 4.79 Å². The lowest BCUT2D eigenvalue weighted by atomic mass is 10.1. The van der Waals surface area contributed by atoms with Gasteiger partial charge >= 0.3 is 0 Å². The first-order valence-electron chi connectivity index (χ1n) is 7.48. The van der Waals surface area contributed by atoms with Crippen molar-refractivity contribution in [2.24, 2.45) is 5.10 Å². The van der Waals surface area contributed by atoms with Crippen molar-refractivity contribution in [3.05, 3.63) is 55.5 Å². The molecule has 0 aliphatic rings. The molecule has 0 heterocycles. The highest BCUT2D eigenvalue weighted by molar-refractivity contribution is 9.10. The Kier molecular flexibility index (Phi) is 6.61. The van der Waals surface area contributed by atoms with E-state index < -0.39 is 5.91 Å². The van der Waals surface area contributed by atoms with Crippen molar-refractivity contribution in [1.82, 2.24) is 5.43 Å². The molecule has 7 heteroatoms. The lowest BCUT2D eigenvalue weighted by Crippen LogP contribution is -2.24. The van der Waals surface area contributed by atoms with Crippen LogP contribution in [-0.2, 0) is 4.79 Å². The van der Waals surface area contributed by atoms with Gasteiger partial charge in [0.2, 0.25) is 0 Å². The predicted molar refractivity (Wildman–Crippen MR) is 105 cm³/mol. The molecule has 0 fully saturated rings. The number of nitrogens with zero attached hydrogens (tertiary/aromatic N) is 1. The number of amides is 1. The number of phenolic OH excluding ortho intramolecular Hbond substituents is 1. The van der Waals surface area contributed by atoms with Crippen LogP contribution in [0.1, 0.15) is 22.3 Å². The Morgan fingerprint density at radius 2 is 1.92 bits per heavy atom. The fourth-order valence-electron chi connectivity index (χ4n) is 2.29. The average molecular weight is 470 g/mol. The number of carbonyl (C=O) groups excluding carboxylic acids is 1. The van der Waals surface area contributed by atoms with Gasteiger partial charge < -0.3 is 9.84 Å². The normalized spacial score (nSPS) is 10.9. The smallest absolute Gasteiger partial charge is 0.277 e. The third kappa shape index (κ3) is 5.31. The minimum Gasteiger partial charge on any atom is -0.507 e. The van der Waals surface area contributed by atoms with E-state index in [0.717, 1.165) is 20.1 Å². The van der Waals surface area contributed by atoms with Crippen molar-refractivity contribution in [3.63, 3.8) is 0 Å². The minimum atomic E-state index is -0.394. The van der Waals surface area contributed by atoms with E-state index >= 15 is 0 Å². The van der Waals surface area contributed by atoms with E-state index in [0.29, 0.717) is 16.9 Å². The minimum absolute atomic E-state index is 0.122. The highest BCUT2D eigenvalue weighted by atomic mass is 79.9. The first-order valence-corrected chi connectivity index (χ1v) is 9.07. The van der Waals surface area contributed by atoms with Gasteiger partial charge in [0.15, 0.2) is 6.61 Å². The van der Waals surface area contributed by atoms with Crippen LogP contribution in [0, 0.1) is 20.8 Å². The number of nitrogens with one attached hydrogen (secondary N) is 1. The van der Waals surface area contributed by atoms with Gasteiger partial charge in [0.05, 0.1) is 10.7 Å². The second-order valence-electron chi connectivity index (χ2n) is 5.64. The van der Waals surface area contributed by atoms with Crippen LogP contribution in [0.3, 0.4) is 0 Å². The highest BCUT2D eigenvalue weighted by Gasteiger charge is 2.09. The van der Waals surface area contributed by atoms with Crippen molar-refractivity contribution in [2.75, 3.05) is 6.61 Å². The molecule has 0 aliphatic carbocycles. The number of phenols is 1. The Bertz CT molecular complexity index is 812. The van der Waals surface area contributed by atoms with Crippen LogP contribution in [0.25, 0.3) is 0 Å². The van der Waals surface area contributed by atoms with Gasteiger partial charge in [0.25, 0.3) is 5.91 Å². The van der Waals surface area contributed by atoms with Gasteiger partial charge in [-0.25, -0.2) is 5.43 Å². The number of ether oxygens (including phenoxy) is 1. The zero-order valence-electron chi connectivity index (χ0n) is 14.1. The third-order valence-electron chi connectivity index (χ3n) is 3.41. The fourth-order valence-corrected chi connectivity index (χ4v) is 3.67. The van der Waals surface area contributed by atoms with E-state index in [2.05, 4.69) is 42.4 Å². The molecule has 0 spiro atoms. The summed E-state index contributed by atoms with van der Waals surface area (Å²) in [5, 5.41) is 13.8. The van der Waals surface area contributed by atoms with E-state index in [-0.39, 0.29) is 12.4 Å². The van der Waals surface area contributed by atoms with Crippen LogP contribution in [0.4, 0.5) is 0 Å². The lowest BCUT2D eigenvalue weighted by Gasteiger charge is -2.11. The third-order valence-corrected chi connectivity index (χ3v) is 4.46. The summed E-state index contributed by atoms with van der Waals surface area (Å²) in [7, 11) is 0. The number of aryl methyl sites for hydroxylation is 3. The molecule has 132 valence electrons. The molecular weight excluding hydrogens is 452 g/mol. The number of rotatable bonds is 5. The molecule has 0 atom stereocenters. The van der Waals surface area contributed by atoms with Crippen LogP contribution in [-0.4, -0.2) is 23.8 Å². The van der Waals surface area contributed by atoms with E-state index in [1.807, 2.05) is 26.0 Å². The number of hydrogen-bond acceptors (Lipinski definition) is 4. The van der Waals surface area contributed by atoms with Gasteiger partial charge in [-0.15, -0.1) is 0 Å². The summed E-state index contributed by atoms with van der Waals surface area (Å²) in [6.45, 7) is 5.53. The summed E-state index contributed by atoms with van der Waals surface area (Å²) in [5.41, 5.74) is 5.65. The summed E-state index contributed by atoms with van der Waals surface area (Å²) in [4.78, 5) is 11.9. The number of aromatic hydroxyl groups is 1. The lowest BCUT2D eigenvalue weighted by molar-refractivity contribution is -0.123. The molecule has 25 heavy (non-hydrogen) atoms. The van der Waals surface area contributed by atoms with Crippen molar-refractivity contribution >= 4 is 44.0 Å². The summed E-state index contributed by atoms with van der Waals surface area (Å²) in [6.07, 6.45) is 1.39. The summed E-state index contributed by atoms with van der Waals surface area (Å²) < 4.78 is 7.18. The fraction of sp³-hybridized carbons (Fsp3) is 0.222. The second-order valence-corrected chi connectivity index (χ2v) is 7.41. The summed E-state index contributed by atoms with van der Waals surface area (Å²) >= 11 is 6.79. The zero-order chi connectivity index (χ0) is 18.6. The van der Waals surface area contributed by atoms with Crippen LogP contribution in [0.15, 0.2) is 38.3 Å². The molecule has 1 amide bonds. The number of benzene rings is 2. The van der Waals surface area contributed by atoms with Crippen LogP contribution < -0.4 is 10.2 Å². The SMILES string of the molecule is Cc1cc(C)c(OCC(=O)N/N=C\c2cc(Br)cc(C)c2O)c(Br)c1. The van der Waals surface area contributed by atoms with Crippen molar-refractivity contribution < 1.29 is 14.6 Å². The monoisotopic (exact) mass is 468 g/mol. The molecule has 2 N–H and O–H groups in total. The quantitative estimate of drug-likeness (QED) is 0.504. The van der Waals surface area contributed by atoms with Crippen molar-refractivity contribution in [1.29, 1.82) is 0 Å². The number of hydrogen-bond donors (Lipinski definition) is 2. The maximum atomic E-state index is 11.9. The number of hydrazone groups is 1. The topological polar surface area (TPSA) is 70.9 Å². The van der Waals surface area contributed by atoms with Gasteiger partial charge in [-0.2, -0.15) is 5.10 Å². The van der Waals surface area contributed by atoms with E-state index in [9.17, 15) is 9.90 Å². The molecule has 0 unspecified atom stereocenters. The van der Waals surface area contributed by atoms with Crippen molar-refractivity contribution in [2.45, 2.75) is 20.8 Å². The molecular formula is C18H18Br2N2O3. The van der Waals surface area contributed by atoms with Gasteiger partial charge in [-0.05, 0) is 71.6 Å². The number of halogens is 2. The Labute approximate surface area is 163 Å². The summed E-state index contributed by atoms with van der Waals surface area (Å²) in [5.74, 6) is 0.357. The standard InChI is InChI=1S/C18H18Br2N2O3/c1-10-4-12(3)18(15(20)5-10)25-9-16(23)22-21-8-13-7-14(19)6-11(2)17(13)24/h4-8,24H,9H2,1-3H3,(H,22,23)/b21-8-. The van der Waals surface area contributed by atoms with Crippen molar-refractivity contribution in [3.8, 4) is 11.5 Å². The zero-order valence-corrected chi connectivity index (χ0v) is 17.2. The maximum absolute atomic E-state index is 11.9. The van der Waals surface area contributed by atoms with Crippen LogP contribution in [0.5, 0.6) is 11.5 Å². The van der Waals surface area contributed by atoms with E-state index in [1.165, 1.54) is 6.21 Å². The molecule has 0 saturated carbocycles. The van der Waals surface area contributed by atoms with Gasteiger partial charge in [0, 0.05) is 10.0 Å². The van der Waals surface area contributed by atoms with E-state index in [1.54, 1.807) is 19.1 Å².